The number of halogens is 3. The van der Waals surface area contributed by atoms with Crippen LogP contribution in [0, 0.1) is 0 Å². The van der Waals surface area contributed by atoms with Crippen LogP contribution in [0.1, 0.15) is 46.0 Å². The lowest BCUT2D eigenvalue weighted by Crippen LogP contribution is -2.19. The van der Waals surface area contributed by atoms with Crippen molar-refractivity contribution in [2.24, 2.45) is 0 Å². The molecule has 0 aliphatic carbocycles. The molecule has 0 heterocycles. The molecule has 1 aromatic carbocycles. The summed E-state index contributed by atoms with van der Waals surface area (Å²) in [5, 5.41) is 0.602. The molecule has 7 heteroatoms. The van der Waals surface area contributed by atoms with Crippen molar-refractivity contribution in [1.29, 1.82) is 0 Å². The van der Waals surface area contributed by atoms with Crippen molar-refractivity contribution in [1.82, 2.24) is 0 Å². The predicted octanol–water partition coefficient (Wildman–Crippen LogP) is 5.45. The second-order valence-electron chi connectivity index (χ2n) is 4.98. The van der Waals surface area contributed by atoms with Crippen LogP contribution in [0.5, 0.6) is 5.75 Å². The summed E-state index contributed by atoms with van der Waals surface area (Å²) < 4.78 is 10.4. The lowest BCUT2D eigenvalue weighted by Gasteiger charge is -2.15. The third-order valence-electron chi connectivity index (χ3n) is 3.08. The van der Waals surface area contributed by atoms with Crippen molar-refractivity contribution >= 4 is 46.7 Å². The molecule has 0 radical (unpaired) electrons. The number of benzene rings is 1. The Balaban J connectivity index is 2.50. The van der Waals surface area contributed by atoms with Crippen LogP contribution in [0.3, 0.4) is 0 Å². The van der Waals surface area contributed by atoms with Gasteiger partial charge in [-0.1, -0.05) is 55.1 Å². The van der Waals surface area contributed by atoms with Crippen LogP contribution in [-0.4, -0.2) is 18.0 Å². The van der Waals surface area contributed by atoms with Gasteiger partial charge in [0.05, 0.1) is 22.9 Å². The highest BCUT2D eigenvalue weighted by Crippen LogP contribution is 2.36. The Morgan fingerprint density at radius 2 is 1.61 bits per heavy atom. The third kappa shape index (κ3) is 6.98. The van der Waals surface area contributed by atoms with Gasteiger partial charge in [0.25, 0.3) is 0 Å². The molecule has 1 atom stereocenters. The van der Waals surface area contributed by atoms with E-state index < -0.39 is 11.9 Å². The van der Waals surface area contributed by atoms with Crippen LogP contribution in [0.15, 0.2) is 12.1 Å². The van der Waals surface area contributed by atoms with Crippen LogP contribution in [0.4, 0.5) is 0 Å². The standard InChI is InChI=1S/C16H19Cl3O4/c1-3-5-11(4-2)22-14(20)6-7-15(21)23-16-12(18)8-10(17)9-13(16)19/h8-9,11H,3-7H2,1-2H3. The average molecular weight is 382 g/mol. The first-order chi connectivity index (χ1) is 10.9. The highest BCUT2D eigenvalue weighted by Gasteiger charge is 2.17. The second kappa shape index (κ2) is 10.0. The first-order valence-electron chi connectivity index (χ1n) is 7.42. The number of hydrogen-bond acceptors (Lipinski definition) is 4. The van der Waals surface area contributed by atoms with Crippen LogP contribution in [0.25, 0.3) is 0 Å². The van der Waals surface area contributed by atoms with E-state index in [1.807, 2.05) is 13.8 Å². The fourth-order valence-electron chi connectivity index (χ4n) is 1.91. The first kappa shape index (κ1) is 20.1. The number of esters is 2. The summed E-state index contributed by atoms with van der Waals surface area (Å²) in [6, 6.07) is 2.84. The summed E-state index contributed by atoms with van der Waals surface area (Å²) in [6.45, 7) is 3.97. The summed E-state index contributed by atoms with van der Waals surface area (Å²) in [5.74, 6) is -0.999. The van der Waals surface area contributed by atoms with Gasteiger partial charge in [0.1, 0.15) is 6.10 Å². The topological polar surface area (TPSA) is 52.6 Å². The molecule has 0 amide bonds. The number of carbonyl (C=O) groups is 2. The first-order valence-corrected chi connectivity index (χ1v) is 8.55. The number of hydrogen-bond donors (Lipinski definition) is 0. The molecule has 0 saturated carbocycles. The molecule has 0 spiro atoms. The summed E-state index contributed by atoms with van der Waals surface area (Å²) in [5.41, 5.74) is 0. The SMILES string of the molecule is CCCC(CC)OC(=O)CCC(=O)Oc1c(Cl)cc(Cl)cc1Cl. The number of ether oxygens (including phenoxy) is 2. The molecule has 0 bridgehead atoms. The Hall–Kier alpha value is -0.970. The van der Waals surface area contributed by atoms with E-state index in [0.29, 0.717) is 5.02 Å². The van der Waals surface area contributed by atoms with Gasteiger partial charge in [-0.3, -0.25) is 9.59 Å². The zero-order chi connectivity index (χ0) is 17.4. The molecule has 0 aromatic heterocycles. The molecular weight excluding hydrogens is 363 g/mol. The van der Waals surface area contributed by atoms with E-state index in [1.54, 1.807) is 0 Å². The highest BCUT2D eigenvalue weighted by molar-refractivity contribution is 6.40. The Bertz CT molecular complexity index is 537. The third-order valence-corrected chi connectivity index (χ3v) is 3.86. The number of carbonyl (C=O) groups excluding carboxylic acids is 2. The molecule has 23 heavy (non-hydrogen) atoms. The Kier molecular flexibility index (Phi) is 8.74. The van der Waals surface area contributed by atoms with Gasteiger partial charge in [-0.05, 0) is 25.0 Å². The van der Waals surface area contributed by atoms with E-state index >= 15 is 0 Å². The molecule has 128 valence electrons. The van der Waals surface area contributed by atoms with Gasteiger partial charge in [-0.15, -0.1) is 0 Å². The minimum Gasteiger partial charge on any atom is -0.462 e. The summed E-state index contributed by atoms with van der Waals surface area (Å²) in [7, 11) is 0. The van der Waals surface area contributed by atoms with E-state index in [0.717, 1.165) is 19.3 Å². The molecular formula is C16H19Cl3O4. The van der Waals surface area contributed by atoms with Crippen molar-refractivity contribution in [3.05, 3.63) is 27.2 Å². The van der Waals surface area contributed by atoms with Crippen molar-refractivity contribution in [3.63, 3.8) is 0 Å². The van der Waals surface area contributed by atoms with Gasteiger partial charge < -0.3 is 9.47 Å². The van der Waals surface area contributed by atoms with Gasteiger partial charge in [0.2, 0.25) is 0 Å². The van der Waals surface area contributed by atoms with E-state index in [9.17, 15) is 9.59 Å². The molecule has 1 rings (SSSR count). The van der Waals surface area contributed by atoms with Crippen LogP contribution in [0.2, 0.25) is 15.1 Å². The molecule has 1 aromatic rings. The van der Waals surface area contributed by atoms with Crippen molar-refractivity contribution in [3.8, 4) is 5.75 Å². The van der Waals surface area contributed by atoms with Gasteiger partial charge in [0, 0.05) is 5.02 Å². The number of rotatable bonds is 8. The monoisotopic (exact) mass is 380 g/mol. The van der Waals surface area contributed by atoms with Crippen molar-refractivity contribution < 1.29 is 19.1 Å². The zero-order valence-electron chi connectivity index (χ0n) is 13.0. The second-order valence-corrected chi connectivity index (χ2v) is 6.23. The average Bonchev–Trinajstić information content (AvgIpc) is 2.48. The van der Waals surface area contributed by atoms with Crippen molar-refractivity contribution in [2.75, 3.05) is 0 Å². The molecule has 0 fully saturated rings. The summed E-state index contributed by atoms with van der Waals surface area (Å²) in [4.78, 5) is 23.5. The van der Waals surface area contributed by atoms with Gasteiger partial charge >= 0.3 is 11.9 Å². The molecule has 0 N–H and O–H groups in total. The minimum atomic E-state index is -0.614. The molecule has 0 saturated heterocycles. The van der Waals surface area contributed by atoms with Gasteiger partial charge in [-0.2, -0.15) is 0 Å². The lowest BCUT2D eigenvalue weighted by molar-refractivity contribution is -0.152. The van der Waals surface area contributed by atoms with Gasteiger partial charge in [-0.25, -0.2) is 0 Å². The Labute approximate surface area is 151 Å². The molecule has 4 nitrogen and oxygen atoms in total. The largest absolute Gasteiger partial charge is 0.462 e. The van der Waals surface area contributed by atoms with Crippen LogP contribution < -0.4 is 4.74 Å². The van der Waals surface area contributed by atoms with Crippen molar-refractivity contribution in [2.45, 2.75) is 52.1 Å². The van der Waals surface area contributed by atoms with Crippen LogP contribution in [-0.2, 0) is 14.3 Å². The Morgan fingerprint density at radius 1 is 1.04 bits per heavy atom. The summed E-state index contributed by atoms with van der Waals surface area (Å²) in [6.07, 6.45) is 2.21. The van der Waals surface area contributed by atoms with Gasteiger partial charge in [0.15, 0.2) is 5.75 Å². The summed E-state index contributed by atoms with van der Waals surface area (Å²) >= 11 is 17.6. The molecule has 0 aliphatic rings. The normalized spacial score (nSPS) is 11.9. The quantitative estimate of drug-likeness (QED) is 0.443. The predicted molar refractivity (Wildman–Crippen MR) is 91.4 cm³/mol. The molecule has 0 aliphatic heterocycles. The smallest absolute Gasteiger partial charge is 0.311 e. The fraction of sp³-hybridized carbons (Fsp3) is 0.500. The van der Waals surface area contributed by atoms with E-state index in [2.05, 4.69) is 0 Å². The lowest BCUT2D eigenvalue weighted by atomic mass is 10.1. The maximum absolute atomic E-state index is 11.8. The zero-order valence-corrected chi connectivity index (χ0v) is 15.3. The highest BCUT2D eigenvalue weighted by atomic mass is 35.5. The minimum absolute atomic E-state index is 0.0357. The van der Waals surface area contributed by atoms with E-state index in [-0.39, 0.29) is 34.7 Å². The van der Waals surface area contributed by atoms with E-state index in [4.69, 9.17) is 44.3 Å². The maximum atomic E-state index is 11.8. The maximum Gasteiger partial charge on any atom is 0.311 e. The fourth-order valence-corrected chi connectivity index (χ4v) is 2.80. The molecule has 1 unspecified atom stereocenters. The van der Waals surface area contributed by atoms with Crippen LogP contribution >= 0.6 is 34.8 Å². The van der Waals surface area contributed by atoms with E-state index in [1.165, 1.54) is 12.1 Å². The Morgan fingerprint density at radius 3 is 2.13 bits per heavy atom.